The molecular formula is C8H6O3. The molecule has 0 saturated heterocycles. The zero-order chi connectivity index (χ0) is 7.84. The van der Waals surface area contributed by atoms with Crippen molar-refractivity contribution in [2.45, 2.75) is 0 Å². The fourth-order valence-corrected chi connectivity index (χ4v) is 1.03. The van der Waals surface area contributed by atoms with Gasteiger partial charge in [0.15, 0.2) is 0 Å². The van der Waals surface area contributed by atoms with E-state index in [0.29, 0.717) is 10.8 Å². The lowest BCUT2D eigenvalue weighted by molar-refractivity contribution is 0.470. The minimum atomic E-state index is 0.117. The molecule has 0 radical (unpaired) electrons. The van der Waals surface area contributed by atoms with Crippen LogP contribution in [0.3, 0.4) is 0 Å². The summed E-state index contributed by atoms with van der Waals surface area (Å²) in [6.07, 6.45) is 2.79. The molecule has 3 nitrogen and oxygen atoms in total. The van der Waals surface area contributed by atoms with E-state index in [4.69, 9.17) is 4.42 Å². The van der Waals surface area contributed by atoms with Crippen molar-refractivity contribution in [3.05, 3.63) is 24.7 Å². The molecule has 0 atom stereocenters. The largest absolute Gasteiger partial charge is 0.507 e. The lowest BCUT2D eigenvalue weighted by Crippen LogP contribution is -1.67. The summed E-state index contributed by atoms with van der Waals surface area (Å²) in [4.78, 5) is 0. The number of hydrogen-bond acceptors (Lipinski definition) is 3. The van der Waals surface area contributed by atoms with Gasteiger partial charge in [0.1, 0.15) is 24.0 Å². The van der Waals surface area contributed by atoms with E-state index in [-0.39, 0.29) is 11.5 Å². The van der Waals surface area contributed by atoms with Gasteiger partial charge in [-0.25, -0.2) is 0 Å². The number of phenols is 2. The maximum Gasteiger partial charge on any atom is 0.126 e. The highest BCUT2D eigenvalue weighted by Crippen LogP contribution is 2.31. The predicted octanol–water partition coefficient (Wildman–Crippen LogP) is 1.84. The maximum atomic E-state index is 9.21. The van der Waals surface area contributed by atoms with Crippen molar-refractivity contribution in [1.29, 1.82) is 0 Å². The quantitative estimate of drug-likeness (QED) is 0.563. The van der Waals surface area contributed by atoms with Crippen molar-refractivity contribution >= 4 is 10.8 Å². The summed E-state index contributed by atoms with van der Waals surface area (Å²) in [5.41, 5.74) is 0. The Morgan fingerprint density at radius 3 is 1.82 bits per heavy atom. The van der Waals surface area contributed by atoms with E-state index in [1.54, 1.807) is 0 Å². The van der Waals surface area contributed by atoms with Gasteiger partial charge in [0, 0.05) is 0 Å². The highest BCUT2D eigenvalue weighted by atomic mass is 16.3. The van der Waals surface area contributed by atoms with Gasteiger partial charge in [-0.1, -0.05) is 0 Å². The Kier molecular flexibility index (Phi) is 1.06. The van der Waals surface area contributed by atoms with Gasteiger partial charge in [-0.15, -0.1) is 0 Å². The number of hydrogen-bond donors (Lipinski definition) is 2. The van der Waals surface area contributed by atoms with Crippen LogP contribution in [0.5, 0.6) is 11.5 Å². The van der Waals surface area contributed by atoms with E-state index in [0.717, 1.165) is 0 Å². The Morgan fingerprint density at radius 2 is 1.36 bits per heavy atom. The molecule has 0 unspecified atom stereocenters. The lowest BCUT2D eigenvalue weighted by atomic mass is 10.2. The van der Waals surface area contributed by atoms with Crippen LogP contribution in [-0.2, 0) is 0 Å². The van der Waals surface area contributed by atoms with Gasteiger partial charge < -0.3 is 14.6 Å². The smallest absolute Gasteiger partial charge is 0.126 e. The summed E-state index contributed by atoms with van der Waals surface area (Å²) in [5.74, 6) is 0.234. The van der Waals surface area contributed by atoms with Gasteiger partial charge in [-0.05, 0) is 12.1 Å². The van der Waals surface area contributed by atoms with Crippen molar-refractivity contribution < 1.29 is 14.6 Å². The van der Waals surface area contributed by atoms with Crippen molar-refractivity contribution in [3.63, 3.8) is 0 Å². The molecule has 2 aromatic rings. The number of rotatable bonds is 0. The van der Waals surface area contributed by atoms with Crippen LogP contribution in [0.1, 0.15) is 0 Å². The third-order valence-electron chi connectivity index (χ3n) is 1.61. The normalized spacial score (nSPS) is 10.5. The van der Waals surface area contributed by atoms with Gasteiger partial charge in [0.2, 0.25) is 0 Å². The number of aromatic hydroxyl groups is 2. The average Bonchev–Trinajstić information content (AvgIpc) is 2.45. The molecule has 0 fully saturated rings. The molecule has 0 aliphatic heterocycles. The van der Waals surface area contributed by atoms with Crippen molar-refractivity contribution in [2.75, 3.05) is 0 Å². The first-order valence-electron chi connectivity index (χ1n) is 3.16. The molecular weight excluding hydrogens is 144 g/mol. The Labute approximate surface area is 62.5 Å². The molecule has 0 amide bonds. The third kappa shape index (κ3) is 0.741. The standard InChI is InChI=1S/C8H6O3/c9-7-1-2-8(10)6-4-11-3-5(6)7/h1-4,9-10H. The summed E-state index contributed by atoms with van der Waals surface area (Å²) in [6.45, 7) is 0. The number of furan rings is 1. The van der Waals surface area contributed by atoms with Gasteiger partial charge in [0.25, 0.3) is 0 Å². The van der Waals surface area contributed by atoms with Crippen molar-refractivity contribution in [3.8, 4) is 11.5 Å². The van der Waals surface area contributed by atoms with E-state index in [1.165, 1.54) is 24.7 Å². The molecule has 0 spiro atoms. The molecule has 0 aliphatic rings. The second kappa shape index (κ2) is 1.92. The topological polar surface area (TPSA) is 53.6 Å². The molecule has 1 heterocycles. The van der Waals surface area contributed by atoms with Gasteiger partial charge in [-0.3, -0.25) is 0 Å². The fourth-order valence-electron chi connectivity index (χ4n) is 1.03. The minimum absolute atomic E-state index is 0.117. The zero-order valence-electron chi connectivity index (χ0n) is 5.61. The summed E-state index contributed by atoms with van der Waals surface area (Å²) in [7, 11) is 0. The first kappa shape index (κ1) is 6.09. The maximum absolute atomic E-state index is 9.21. The Bertz CT molecular complexity index is 353. The SMILES string of the molecule is Oc1ccc(O)c2cocc12. The summed E-state index contributed by atoms with van der Waals surface area (Å²) in [6, 6.07) is 2.85. The lowest BCUT2D eigenvalue weighted by Gasteiger charge is -1.94. The molecule has 56 valence electrons. The van der Waals surface area contributed by atoms with Gasteiger partial charge in [0.05, 0.1) is 10.8 Å². The van der Waals surface area contributed by atoms with Crippen LogP contribution >= 0.6 is 0 Å². The molecule has 2 N–H and O–H groups in total. The van der Waals surface area contributed by atoms with Crippen LogP contribution in [0.2, 0.25) is 0 Å². The summed E-state index contributed by atoms with van der Waals surface area (Å²) < 4.78 is 4.81. The molecule has 11 heavy (non-hydrogen) atoms. The van der Waals surface area contributed by atoms with Crippen molar-refractivity contribution in [1.82, 2.24) is 0 Å². The Morgan fingerprint density at radius 1 is 0.909 bits per heavy atom. The van der Waals surface area contributed by atoms with E-state index in [9.17, 15) is 10.2 Å². The number of benzene rings is 1. The van der Waals surface area contributed by atoms with E-state index >= 15 is 0 Å². The number of phenolic OH excluding ortho intramolecular Hbond substituents is 2. The number of fused-ring (bicyclic) bond motifs is 1. The second-order valence-corrected chi connectivity index (χ2v) is 2.30. The first-order valence-corrected chi connectivity index (χ1v) is 3.16. The average molecular weight is 150 g/mol. The molecule has 1 aromatic carbocycles. The molecule has 3 heteroatoms. The molecule has 1 aromatic heterocycles. The monoisotopic (exact) mass is 150 g/mol. The van der Waals surface area contributed by atoms with Crippen LogP contribution in [0.4, 0.5) is 0 Å². The third-order valence-corrected chi connectivity index (χ3v) is 1.61. The highest BCUT2D eigenvalue weighted by Gasteiger charge is 2.04. The van der Waals surface area contributed by atoms with E-state index in [2.05, 4.69) is 0 Å². The fraction of sp³-hybridized carbons (Fsp3) is 0. The van der Waals surface area contributed by atoms with E-state index in [1.807, 2.05) is 0 Å². The van der Waals surface area contributed by atoms with Crippen LogP contribution < -0.4 is 0 Å². The van der Waals surface area contributed by atoms with Crippen molar-refractivity contribution in [2.24, 2.45) is 0 Å². The van der Waals surface area contributed by atoms with Crippen LogP contribution in [0.15, 0.2) is 29.1 Å². The zero-order valence-corrected chi connectivity index (χ0v) is 5.61. The summed E-state index contributed by atoms with van der Waals surface area (Å²) >= 11 is 0. The van der Waals surface area contributed by atoms with Gasteiger partial charge >= 0.3 is 0 Å². The Hall–Kier alpha value is -1.64. The molecule has 0 aliphatic carbocycles. The molecule has 0 saturated carbocycles. The Balaban J connectivity index is 2.96. The summed E-state index contributed by atoms with van der Waals surface area (Å²) in [5, 5.41) is 19.5. The predicted molar refractivity (Wildman–Crippen MR) is 39.5 cm³/mol. The second-order valence-electron chi connectivity index (χ2n) is 2.30. The van der Waals surface area contributed by atoms with Gasteiger partial charge in [-0.2, -0.15) is 0 Å². The molecule has 2 rings (SSSR count). The highest BCUT2D eigenvalue weighted by molar-refractivity contribution is 5.91. The van der Waals surface area contributed by atoms with Crippen LogP contribution in [0.25, 0.3) is 10.8 Å². The van der Waals surface area contributed by atoms with E-state index < -0.39 is 0 Å². The molecule has 0 bridgehead atoms. The van der Waals surface area contributed by atoms with Crippen LogP contribution in [-0.4, -0.2) is 10.2 Å². The first-order chi connectivity index (χ1) is 5.29. The van der Waals surface area contributed by atoms with Crippen LogP contribution in [0, 0.1) is 0 Å². The minimum Gasteiger partial charge on any atom is -0.507 e.